The van der Waals surface area contributed by atoms with Crippen molar-refractivity contribution in [1.82, 2.24) is 18.7 Å². The minimum absolute atomic E-state index is 0.204. The molecule has 1 aromatic carbocycles. The zero-order chi connectivity index (χ0) is 21.3. The van der Waals surface area contributed by atoms with Gasteiger partial charge >= 0.3 is 5.69 Å². The summed E-state index contributed by atoms with van der Waals surface area (Å²) in [6.45, 7) is 0.151. The smallest absolute Gasteiger partial charge is 0.322 e. The van der Waals surface area contributed by atoms with Gasteiger partial charge in [-0.1, -0.05) is 0 Å². The molecule has 1 saturated heterocycles. The molecule has 2 aromatic rings. The Balaban J connectivity index is 1.76. The number of sulfonamides is 1. The highest BCUT2D eigenvalue weighted by atomic mass is 32.2. The first-order valence-corrected chi connectivity index (χ1v) is 10.7. The van der Waals surface area contributed by atoms with E-state index in [1.165, 1.54) is 15.9 Å². The van der Waals surface area contributed by atoms with Gasteiger partial charge in [0.05, 0.1) is 11.9 Å². The van der Waals surface area contributed by atoms with Crippen LogP contribution in [0.15, 0.2) is 23.0 Å². The van der Waals surface area contributed by atoms with Gasteiger partial charge in [0, 0.05) is 32.1 Å². The lowest BCUT2D eigenvalue weighted by Gasteiger charge is -2.30. The van der Waals surface area contributed by atoms with Crippen molar-refractivity contribution in [3.05, 3.63) is 46.1 Å². The number of rotatable bonds is 5. The number of amides is 1. The number of anilines is 1. The molecule has 1 fully saturated rings. The lowest BCUT2D eigenvalue weighted by molar-refractivity contribution is -0.117. The Bertz CT molecular complexity index is 1100. The summed E-state index contributed by atoms with van der Waals surface area (Å²) in [6.07, 6.45) is 2.42. The van der Waals surface area contributed by atoms with Crippen molar-refractivity contribution in [2.45, 2.75) is 25.3 Å². The van der Waals surface area contributed by atoms with Crippen LogP contribution >= 0.6 is 0 Å². The van der Waals surface area contributed by atoms with E-state index in [-0.39, 0.29) is 18.2 Å². The first-order chi connectivity index (χ1) is 13.6. The quantitative estimate of drug-likeness (QED) is 0.751. The molecule has 158 valence electrons. The van der Waals surface area contributed by atoms with Crippen LogP contribution in [0.4, 0.5) is 14.5 Å². The fourth-order valence-electron chi connectivity index (χ4n) is 3.33. The zero-order valence-corrected chi connectivity index (χ0v) is 16.7. The van der Waals surface area contributed by atoms with Gasteiger partial charge in [-0.2, -0.15) is 5.10 Å². The molecule has 1 unspecified atom stereocenters. The fourth-order valence-corrected chi connectivity index (χ4v) is 4.25. The average Bonchev–Trinajstić information content (AvgIpc) is 2.92. The molecule has 1 aromatic heterocycles. The third-order valence-electron chi connectivity index (χ3n) is 4.79. The van der Waals surface area contributed by atoms with E-state index in [4.69, 9.17) is 0 Å². The van der Waals surface area contributed by atoms with Crippen molar-refractivity contribution in [3.63, 3.8) is 0 Å². The highest BCUT2D eigenvalue weighted by Crippen LogP contribution is 2.26. The van der Waals surface area contributed by atoms with Crippen molar-refractivity contribution in [2.75, 3.05) is 24.7 Å². The second-order valence-electron chi connectivity index (χ2n) is 6.99. The Morgan fingerprint density at radius 2 is 2.07 bits per heavy atom. The molecule has 1 N–H and O–H groups in total. The highest BCUT2D eigenvalue weighted by molar-refractivity contribution is 7.88. The molecule has 0 aliphatic carbocycles. The van der Waals surface area contributed by atoms with E-state index in [1.54, 1.807) is 0 Å². The Morgan fingerprint density at radius 1 is 1.34 bits per heavy atom. The molecule has 3 rings (SSSR count). The number of hydrogen-bond donors (Lipinski definition) is 1. The predicted octanol–water partition coefficient (Wildman–Crippen LogP) is 0.638. The van der Waals surface area contributed by atoms with Crippen molar-refractivity contribution in [3.8, 4) is 0 Å². The Labute approximate surface area is 166 Å². The molecule has 0 saturated carbocycles. The first-order valence-electron chi connectivity index (χ1n) is 8.90. The van der Waals surface area contributed by atoms with Gasteiger partial charge in [0.1, 0.15) is 24.0 Å². The minimum Gasteiger partial charge on any atom is -0.322 e. The monoisotopic (exact) mass is 429 g/mol. The number of benzene rings is 1. The Morgan fingerprint density at radius 3 is 2.72 bits per heavy atom. The molecular weight excluding hydrogens is 408 g/mol. The summed E-state index contributed by atoms with van der Waals surface area (Å²) in [5.74, 6) is -2.32. The van der Waals surface area contributed by atoms with E-state index >= 15 is 0 Å². The molecule has 1 amide bonds. The number of nitrogens with zero attached hydrogens (tertiary/aromatic N) is 4. The van der Waals surface area contributed by atoms with Crippen LogP contribution in [0, 0.1) is 11.6 Å². The second kappa shape index (κ2) is 8.03. The van der Waals surface area contributed by atoms with Gasteiger partial charge in [-0.05, 0) is 25.0 Å². The van der Waals surface area contributed by atoms with E-state index < -0.39 is 39.8 Å². The van der Waals surface area contributed by atoms with Crippen LogP contribution in [0.25, 0.3) is 0 Å². The van der Waals surface area contributed by atoms with Crippen LogP contribution in [0.3, 0.4) is 0 Å². The molecule has 1 aliphatic heterocycles. The summed E-state index contributed by atoms with van der Waals surface area (Å²) in [7, 11) is -1.86. The number of hydrogen-bond acceptors (Lipinski definition) is 5. The largest absolute Gasteiger partial charge is 0.346 e. The third-order valence-corrected chi connectivity index (χ3v) is 6.06. The van der Waals surface area contributed by atoms with E-state index in [0.29, 0.717) is 31.3 Å². The van der Waals surface area contributed by atoms with Gasteiger partial charge in [-0.3, -0.25) is 9.36 Å². The SMILES string of the molecule is Cn1c(C2CCCN(S(C)(=O)=O)C2)nn(CC(=O)Nc2ccc(F)cc2F)c1=O. The van der Waals surface area contributed by atoms with Crippen LogP contribution in [-0.2, 0) is 28.4 Å². The number of carbonyl (C=O) groups is 1. The topological polar surface area (TPSA) is 106 Å². The summed E-state index contributed by atoms with van der Waals surface area (Å²) in [5, 5.41) is 6.47. The third kappa shape index (κ3) is 4.70. The summed E-state index contributed by atoms with van der Waals surface area (Å²) in [4.78, 5) is 24.6. The minimum atomic E-state index is -3.36. The number of aromatic nitrogens is 3. The van der Waals surface area contributed by atoms with Crippen LogP contribution in [-0.4, -0.2) is 52.3 Å². The second-order valence-corrected chi connectivity index (χ2v) is 8.97. The molecule has 0 bridgehead atoms. The van der Waals surface area contributed by atoms with Gasteiger partial charge in [0.25, 0.3) is 0 Å². The number of carbonyl (C=O) groups excluding carboxylic acids is 1. The fraction of sp³-hybridized carbons (Fsp3) is 0.471. The van der Waals surface area contributed by atoms with Gasteiger partial charge in [-0.15, -0.1) is 0 Å². The maximum atomic E-state index is 13.7. The normalized spacial score (nSPS) is 18.0. The van der Waals surface area contributed by atoms with Gasteiger partial charge < -0.3 is 5.32 Å². The summed E-state index contributed by atoms with van der Waals surface area (Å²) < 4.78 is 53.8. The summed E-state index contributed by atoms with van der Waals surface area (Å²) >= 11 is 0. The van der Waals surface area contributed by atoms with Crippen molar-refractivity contribution in [1.29, 1.82) is 0 Å². The van der Waals surface area contributed by atoms with Crippen LogP contribution in [0.5, 0.6) is 0 Å². The number of nitrogens with one attached hydrogen (secondary N) is 1. The number of piperidine rings is 1. The molecule has 29 heavy (non-hydrogen) atoms. The van der Waals surface area contributed by atoms with Crippen LogP contribution in [0.2, 0.25) is 0 Å². The molecule has 0 radical (unpaired) electrons. The standard InChI is InChI=1S/C17H21F2N5O4S/c1-22-16(11-4-3-7-23(9-11)29(2,27)28)21-24(17(22)26)10-15(25)20-14-6-5-12(18)8-13(14)19/h5-6,8,11H,3-4,7,9-10H2,1-2H3,(H,20,25). The maximum Gasteiger partial charge on any atom is 0.346 e. The predicted molar refractivity (Wildman–Crippen MR) is 101 cm³/mol. The summed E-state index contributed by atoms with van der Waals surface area (Å²) in [5.41, 5.74) is -0.761. The lowest BCUT2D eigenvalue weighted by Crippen LogP contribution is -2.39. The van der Waals surface area contributed by atoms with Crippen LogP contribution in [0.1, 0.15) is 24.6 Å². The van der Waals surface area contributed by atoms with Gasteiger partial charge in [-0.25, -0.2) is 31.0 Å². The molecule has 0 spiro atoms. The molecule has 12 heteroatoms. The molecular formula is C17H21F2N5O4S. The molecule has 9 nitrogen and oxygen atoms in total. The summed E-state index contributed by atoms with van der Waals surface area (Å²) in [6, 6.07) is 2.72. The van der Waals surface area contributed by atoms with E-state index in [0.717, 1.165) is 23.1 Å². The number of halogens is 2. The Kier molecular flexibility index (Phi) is 5.85. The van der Waals surface area contributed by atoms with Crippen molar-refractivity contribution < 1.29 is 22.0 Å². The lowest BCUT2D eigenvalue weighted by atomic mass is 9.99. The highest BCUT2D eigenvalue weighted by Gasteiger charge is 2.30. The maximum absolute atomic E-state index is 13.7. The van der Waals surface area contributed by atoms with Gasteiger partial charge in [0.15, 0.2) is 0 Å². The van der Waals surface area contributed by atoms with E-state index in [2.05, 4.69) is 10.4 Å². The Hall–Kier alpha value is -2.60. The van der Waals surface area contributed by atoms with Crippen molar-refractivity contribution in [2.24, 2.45) is 7.05 Å². The zero-order valence-electron chi connectivity index (χ0n) is 15.9. The molecule has 1 atom stereocenters. The van der Waals surface area contributed by atoms with E-state index in [1.807, 2.05) is 0 Å². The van der Waals surface area contributed by atoms with E-state index in [9.17, 15) is 26.8 Å². The van der Waals surface area contributed by atoms with Crippen molar-refractivity contribution >= 4 is 21.6 Å². The van der Waals surface area contributed by atoms with Crippen LogP contribution < -0.4 is 11.0 Å². The first kappa shape index (κ1) is 21.1. The molecule has 1 aliphatic rings. The average molecular weight is 429 g/mol. The molecule has 2 heterocycles. The van der Waals surface area contributed by atoms with Gasteiger partial charge in [0.2, 0.25) is 15.9 Å².